The zero-order chi connectivity index (χ0) is 12.7. The van der Waals surface area contributed by atoms with E-state index in [1.807, 2.05) is 12.1 Å². The van der Waals surface area contributed by atoms with E-state index >= 15 is 0 Å². The van der Waals surface area contributed by atoms with E-state index in [9.17, 15) is 0 Å². The summed E-state index contributed by atoms with van der Waals surface area (Å²) in [4.78, 5) is 0. The molecule has 0 aromatic heterocycles. The third-order valence-corrected chi connectivity index (χ3v) is 2.96. The molecule has 0 aliphatic carbocycles. The minimum Gasteiger partial charge on any atom is -0.381 e. The summed E-state index contributed by atoms with van der Waals surface area (Å²) in [6.45, 7) is 5.89. The van der Waals surface area contributed by atoms with Crippen LogP contribution in [0.3, 0.4) is 0 Å². The van der Waals surface area contributed by atoms with Crippen molar-refractivity contribution in [1.29, 1.82) is 0 Å². The molecule has 0 spiro atoms. The summed E-state index contributed by atoms with van der Waals surface area (Å²) in [5.74, 6) is 0.594. The number of ether oxygens (including phenoxy) is 1. The molecule has 3 heteroatoms. The third-order valence-electron chi connectivity index (χ3n) is 2.47. The molecule has 1 unspecified atom stereocenters. The van der Waals surface area contributed by atoms with Gasteiger partial charge in [-0.25, -0.2) is 0 Å². The number of rotatable bonds is 7. The second kappa shape index (κ2) is 7.85. The Morgan fingerprint density at radius 2 is 2.12 bits per heavy atom. The number of nitrogens with two attached hydrogens (primary N) is 1. The van der Waals surface area contributed by atoms with E-state index in [0.29, 0.717) is 5.92 Å². The fourth-order valence-electron chi connectivity index (χ4n) is 1.62. The van der Waals surface area contributed by atoms with Crippen molar-refractivity contribution in [2.75, 3.05) is 13.2 Å². The molecule has 0 aliphatic rings. The molecular weight excluding hydrogens is 278 g/mol. The van der Waals surface area contributed by atoms with Crippen LogP contribution in [0.2, 0.25) is 0 Å². The van der Waals surface area contributed by atoms with Gasteiger partial charge in [-0.2, -0.15) is 0 Å². The van der Waals surface area contributed by atoms with Crippen LogP contribution in [0, 0.1) is 5.92 Å². The Balaban J connectivity index is 2.23. The quantitative estimate of drug-likeness (QED) is 0.784. The molecule has 1 aromatic rings. The highest BCUT2D eigenvalue weighted by Gasteiger charge is 2.05. The fraction of sp³-hybridized carbons (Fsp3) is 0.571. The molecule has 1 atom stereocenters. The first-order valence-corrected chi connectivity index (χ1v) is 6.95. The number of hydrogen-bond acceptors (Lipinski definition) is 2. The van der Waals surface area contributed by atoms with Crippen molar-refractivity contribution in [3.05, 3.63) is 34.3 Å². The molecule has 0 saturated heterocycles. The van der Waals surface area contributed by atoms with E-state index in [4.69, 9.17) is 10.5 Å². The molecule has 1 rings (SSSR count). The molecular formula is C14H22BrNO. The largest absolute Gasteiger partial charge is 0.381 e. The highest BCUT2D eigenvalue weighted by atomic mass is 79.9. The molecule has 0 saturated carbocycles. The van der Waals surface area contributed by atoms with E-state index in [2.05, 4.69) is 41.9 Å². The van der Waals surface area contributed by atoms with Crippen molar-refractivity contribution < 1.29 is 4.74 Å². The molecule has 96 valence electrons. The molecule has 2 N–H and O–H groups in total. The predicted octanol–water partition coefficient (Wildman–Crippen LogP) is 3.38. The maximum absolute atomic E-state index is 6.08. The summed E-state index contributed by atoms with van der Waals surface area (Å²) in [6.07, 6.45) is 1.82. The summed E-state index contributed by atoms with van der Waals surface area (Å²) in [7, 11) is 0. The lowest BCUT2D eigenvalue weighted by atomic mass is 10.0. The van der Waals surface area contributed by atoms with Crippen LogP contribution in [0.4, 0.5) is 0 Å². The van der Waals surface area contributed by atoms with Gasteiger partial charge in [-0.3, -0.25) is 0 Å². The summed E-state index contributed by atoms with van der Waals surface area (Å²) < 4.78 is 6.65. The van der Waals surface area contributed by atoms with Crippen molar-refractivity contribution in [1.82, 2.24) is 0 Å². The summed E-state index contributed by atoms with van der Waals surface area (Å²) in [5, 5.41) is 0. The number of hydrogen-bond donors (Lipinski definition) is 1. The van der Waals surface area contributed by atoms with E-state index in [-0.39, 0.29) is 6.04 Å². The molecule has 0 bridgehead atoms. The molecule has 0 aliphatic heterocycles. The Morgan fingerprint density at radius 1 is 1.35 bits per heavy atom. The smallest absolute Gasteiger partial charge is 0.0489 e. The maximum atomic E-state index is 6.08. The second-order valence-electron chi connectivity index (χ2n) is 4.85. The van der Waals surface area contributed by atoms with Crippen LogP contribution >= 0.6 is 15.9 Å². The monoisotopic (exact) mass is 299 g/mol. The van der Waals surface area contributed by atoms with Gasteiger partial charge in [0.05, 0.1) is 0 Å². The lowest BCUT2D eigenvalue weighted by Gasteiger charge is -2.13. The van der Waals surface area contributed by atoms with Crippen LogP contribution in [0.1, 0.15) is 25.8 Å². The van der Waals surface area contributed by atoms with Crippen LogP contribution in [0.25, 0.3) is 0 Å². The van der Waals surface area contributed by atoms with Crippen LogP contribution in [-0.4, -0.2) is 19.3 Å². The number of benzene rings is 1. The Morgan fingerprint density at radius 3 is 2.76 bits per heavy atom. The topological polar surface area (TPSA) is 35.2 Å². The second-order valence-corrected chi connectivity index (χ2v) is 5.77. The van der Waals surface area contributed by atoms with Gasteiger partial charge in [0.15, 0.2) is 0 Å². The number of halogens is 1. The van der Waals surface area contributed by atoms with Gasteiger partial charge in [0.1, 0.15) is 0 Å². The Labute approximate surface area is 113 Å². The lowest BCUT2D eigenvalue weighted by molar-refractivity contribution is 0.104. The van der Waals surface area contributed by atoms with Crippen molar-refractivity contribution in [3.63, 3.8) is 0 Å². The molecule has 17 heavy (non-hydrogen) atoms. The van der Waals surface area contributed by atoms with Crippen LogP contribution in [0.5, 0.6) is 0 Å². The van der Waals surface area contributed by atoms with Gasteiger partial charge < -0.3 is 10.5 Å². The Kier molecular flexibility index (Phi) is 6.78. The molecule has 0 amide bonds. The van der Waals surface area contributed by atoms with Gasteiger partial charge in [0, 0.05) is 23.7 Å². The van der Waals surface area contributed by atoms with E-state index in [1.54, 1.807) is 0 Å². The maximum Gasteiger partial charge on any atom is 0.0489 e. The summed E-state index contributed by atoms with van der Waals surface area (Å²) in [6, 6.07) is 8.48. The van der Waals surface area contributed by atoms with Crippen molar-refractivity contribution in [3.8, 4) is 0 Å². The molecule has 0 heterocycles. The highest BCUT2D eigenvalue weighted by Crippen LogP contribution is 2.13. The third kappa shape index (κ3) is 6.81. The zero-order valence-corrected chi connectivity index (χ0v) is 12.2. The zero-order valence-electron chi connectivity index (χ0n) is 10.7. The van der Waals surface area contributed by atoms with E-state index in [0.717, 1.165) is 30.5 Å². The summed E-state index contributed by atoms with van der Waals surface area (Å²) >= 11 is 3.47. The Bertz CT molecular complexity index is 328. The average molecular weight is 300 g/mol. The van der Waals surface area contributed by atoms with Crippen molar-refractivity contribution in [2.24, 2.45) is 11.7 Å². The first kappa shape index (κ1) is 14.7. The SMILES string of the molecule is CC(C)COCCC(N)Cc1cccc(Br)c1. The first-order chi connectivity index (χ1) is 8.08. The first-order valence-electron chi connectivity index (χ1n) is 6.15. The van der Waals surface area contributed by atoms with E-state index in [1.165, 1.54) is 5.56 Å². The van der Waals surface area contributed by atoms with Gasteiger partial charge in [-0.1, -0.05) is 41.9 Å². The minimum absolute atomic E-state index is 0.177. The lowest BCUT2D eigenvalue weighted by Crippen LogP contribution is -2.25. The van der Waals surface area contributed by atoms with Crippen LogP contribution < -0.4 is 5.73 Å². The van der Waals surface area contributed by atoms with Crippen molar-refractivity contribution >= 4 is 15.9 Å². The molecule has 0 radical (unpaired) electrons. The standard InChI is InChI=1S/C14H22BrNO/c1-11(2)10-17-7-6-14(16)9-12-4-3-5-13(15)8-12/h3-5,8,11,14H,6-7,9-10,16H2,1-2H3. The Hall–Kier alpha value is -0.380. The average Bonchev–Trinajstić information content (AvgIpc) is 2.24. The van der Waals surface area contributed by atoms with Gasteiger partial charge in [0.2, 0.25) is 0 Å². The van der Waals surface area contributed by atoms with Gasteiger partial charge in [0.25, 0.3) is 0 Å². The van der Waals surface area contributed by atoms with Crippen LogP contribution in [0.15, 0.2) is 28.7 Å². The van der Waals surface area contributed by atoms with Crippen molar-refractivity contribution in [2.45, 2.75) is 32.7 Å². The molecule has 0 fully saturated rings. The van der Waals surface area contributed by atoms with Gasteiger partial charge in [-0.15, -0.1) is 0 Å². The minimum atomic E-state index is 0.177. The molecule has 1 aromatic carbocycles. The van der Waals surface area contributed by atoms with Gasteiger partial charge >= 0.3 is 0 Å². The highest BCUT2D eigenvalue weighted by molar-refractivity contribution is 9.10. The predicted molar refractivity (Wildman–Crippen MR) is 76.1 cm³/mol. The van der Waals surface area contributed by atoms with E-state index < -0.39 is 0 Å². The normalized spacial score (nSPS) is 13.0. The fourth-order valence-corrected chi connectivity index (χ4v) is 2.07. The van der Waals surface area contributed by atoms with Gasteiger partial charge in [-0.05, 0) is 36.5 Å². The molecule has 2 nitrogen and oxygen atoms in total. The summed E-state index contributed by atoms with van der Waals surface area (Å²) in [5.41, 5.74) is 7.35. The van der Waals surface area contributed by atoms with Crippen LogP contribution in [-0.2, 0) is 11.2 Å².